The van der Waals surface area contributed by atoms with Gasteiger partial charge in [-0.1, -0.05) is 53.5 Å². The van der Waals surface area contributed by atoms with Crippen LogP contribution in [0.3, 0.4) is 0 Å². The first kappa shape index (κ1) is 25.0. The van der Waals surface area contributed by atoms with Crippen LogP contribution in [0, 0.1) is 6.92 Å². The summed E-state index contributed by atoms with van der Waals surface area (Å²) in [5.74, 6) is 1.21. The summed E-state index contributed by atoms with van der Waals surface area (Å²) in [7, 11) is -3.31. The molecule has 4 aromatic rings. The molecule has 0 N–H and O–H groups in total. The van der Waals surface area contributed by atoms with Gasteiger partial charge in [-0.15, -0.1) is 0 Å². The number of nitrogens with zero attached hydrogens (tertiary/aromatic N) is 6. The highest BCUT2D eigenvalue weighted by molar-refractivity contribution is 7.89. The van der Waals surface area contributed by atoms with Crippen molar-refractivity contribution in [3.63, 3.8) is 0 Å². The molecule has 0 unspecified atom stereocenters. The fourth-order valence-corrected chi connectivity index (χ4v) is 6.01. The zero-order valence-corrected chi connectivity index (χ0v) is 22.5. The summed E-state index contributed by atoms with van der Waals surface area (Å²) in [5, 5.41) is 5.71. The van der Waals surface area contributed by atoms with Crippen LogP contribution < -0.4 is 4.90 Å². The largest absolute Gasteiger partial charge is 0.338 e. The van der Waals surface area contributed by atoms with Crippen LogP contribution in [-0.4, -0.2) is 63.7 Å². The van der Waals surface area contributed by atoms with Crippen LogP contribution in [0.1, 0.15) is 19.7 Å². The van der Waals surface area contributed by atoms with Crippen LogP contribution >= 0.6 is 23.2 Å². The fraction of sp³-hybridized carbons (Fsp3) is 0.320. The lowest BCUT2D eigenvalue weighted by Crippen LogP contribution is -2.51. The Bertz CT molecular complexity index is 1530. The van der Waals surface area contributed by atoms with Gasteiger partial charge >= 0.3 is 0 Å². The molecule has 0 atom stereocenters. The predicted octanol–water partition coefficient (Wildman–Crippen LogP) is 4.93. The van der Waals surface area contributed by atoms with E-state index >= 15 is 0 Å². The van der Waals surface area contributed by atoms with Crippen molar-refractivity contribution in [3.05, 3.63) is 64.4 Å². The van der Waals surface area contributed by atoms with E-state index in [0.717, 1.165) is 16.7 Å². The number of hydrogen-bond acceptors (Lipinski definition) is 6. The minimum absolute atomic E-state index is 0.383. The number of aryl methyl sites for hydroxylation is 1. The molecule has 8 nitrogen and oxygen atoms in total. The first-order valence-corrected chi connectivity index (χ1v) is 13.9. The molecule has 36 heavy (non-hydrogen) atoms. The second-order valence-electron chi connectivity index (χ2n) is 9.00. The Morgan fingerprint density at radius 1 is 0.917 bits per heavy atom. The number of fused-ring (bicyclic) bond motifs is 1. The Kier molecular flexibility index (Phi) is 6.67. The highest BCUT2D eigenvalue weighted by atomic mass is 35.5. The number of anilines is 1. The maximum atomic E-state index is 12.7. The van der Waals surface area contributed by atoms with Gasteiger partial charge in [0, 0.05) is 36.8 Å². The molecule has 5 rings (SSSR count). The maximum Gasteiger partial charge on any atom is 0.230 e. The molecule has 0 aliphatic carbocycles. The number of rotatable bonds is 5. The first-order valence-electron chi connectivity index (χ1n) is 11.7. The molecule has 188 valence electrons. The highest BCUT2D eigenvalue weighted by Gasteiger charge is 2.31. The van der Waals surface area contributed by atoms with Gasteiger partial charge in [0.1, 0.15) is 11.5 Å². The second-order valence-corrected chi connectivity index (χ2v) is 12.3. The third-order valence-electron chi connectivity index (χ3n) is 6.32. The quantitative estimate of drug-likeness (QED) is 0.354. The number of aromatic nitrogens is 4. The number of sulfonamides is 1. The van der Waals surface area contributed by atoms with Crippen LogP contribution in [0.15, 0.2) is 48.5 Å². The molecular formula is C25H26Cl2N6O2S. The van der Waals surface area contributed by atoms with E-state index in [1.807, 2.05) is 55.5 Å². The van der Waals surface area contributed by atoms with E-state index in [1.54, 1.807) is 22.7 Å². The zero-order valence-electron chi connectivity index (χ0n) is 20.2. The molecule has 1 saturated heterocycles. The van der Waals surface area contributed by atoms with Gasteiger partial charge in [0.15, 0.2) is 5.65 Å². The van der Waals surface area contributed by atoms with Crippen LogP contribution in [0.4, 0.5) is 5.95 Å². The monoisotopic (exact) mass is 544 g/mol. The molecular weight excluding hydrogens is 519 g/mol. The van der Waals surface area contributed by atoms with E-state index in [-0.39, 0.29) is 0 Å². The third-order valence-corrected chi connectivity index (χ3v) is 9.18. The topological polar surface area (TPSA) is 83.7 Å². The summed E-state index contributed by atoms with van der Waals surface area (Å²) in [4.78, 5) is 11.5. The standard InChI is InChI=1S/C25H26Cl2N6O2S/c1-16(2)36(34,35)32-14-12-31(13-15-32)25-29-17(3)28-24-22(18-8-10-19(26)11-9-18)23(30-33(24)25)20-6-4-5-7-21(20)27/h4-11,16H,12-15H2,1-3H3. The maximum absolute atomic E-state index is 12.7. The molecule has 2 aromatic carbocycles. The Morgan fingerprint density at radius 3 is 2.22 bits per heavy atom. The molecule has 1 aliphatic rings. The summed E-state index contributed by atoms with van der Waals surface area (Å²) < 4.78 is 28.6. The highest BCUT2D eigenvalue weighted by Crippen LogP contribution is 2.39. The Morgan fingerprint density at radius 2 is 1.58 bits per heavy atom. The minimum atomic E-state index is -3.31. The molecule has 0 amide bonds. The van der Waals surface area contributed by atoms with Gasteiger partial charge in [0.25, 0.3) is 0 Å². The van der Waals surface area contributed by atoms with Crippen LogP contribution in [0.5, 0.6) is 0 Å². The molecule has 0 saturated carbocycles. The minimum Gasteiger partial charge on any atom is -0.338 e. The van der Waals surface area contributed by atoms with Crippen LogP contribution in [0.2, 0.25) is 10.0 Å². The van der Waals surface area contributed by atoms with Gasteiger partial charge in [-0.2, -0.15) is 18.9 Å². The number of piperazine rings is 1. The van der Waals surface area contributed by atoms with Crippen LogP contribution in [0.25, 0.3) is 28.0 Å². The smallest absolute Gasteiger partial charge is 0.230 e. The van der Waals surface area contributed by atoms with Crippen molar-refractivity contribution in [2.75, 3.05) is 31.1 Å². The van der Waals surface area contributed by atoms with Crippen molar-refractivity contribution in [2.45, 2.75) is 26.0 Å². The summed E-state index contributed by atoms with van der Waals surface area (Å²) in [6.45, 7) is 7.01. The Labute approximate surface area is 220 Å². The number of benzene rings is 2. The second kappa shape index (κ2) is 9.63. The molecule has 0 bridgehead atoms. The van der Waals surface area contributed by atoms with E-state index in [0.29, 0.717) is 59.3 Å². The van der Waals surface area contributed by atoms with Crippen molar-refractivity contribution < 1.29 is 8.42 Å². The average molecular weight is 545 g/mol. The normalized spacial score (nSPS) is 15.2. The number of halogens is 2. The molecule has 1 aliphatic heterocycles. The van der Waals surface area contributed by atoms with Crippen molar-refractivity contribution in [1.82, 2.24) is 23.9 Å². The van der Waals surface area contributed by atoms with Gasteiger partial charge in [0.2, 0.25) is 16.0 Å². The van der Waals surface area contributed by atoms with Gasteiger partial charge in [-0.05, 0) is 44.5 Å². The van der Waals surface area contributed by atoms with Crippen molar-refractivity contribution in [1.29, 1.82) is 0 Å². The Balaban J connectivity index is 1.65. The predicted molar refractivity (Wildman–Crippen MR) is 144 cm³/mol. The molecule has 11 heteroatoms. The molecule has 2 aromatic heterocycles. The lowest BCUT2D eigenvalue weighted by Gasteiger charge is -2.35. The summed E-state index contributed by atoms with van der Waals surface area (Å²) in [6.07, 6.45) is 0. The average Bonchev–Trinajstić information content (AvgIpc) is 3.23. The summed E-state index contributed by atoms with van der Waals surface area (Å²) in [5.41, 5.74) is 3.84. The van der Waals surface area contributed by atoms with Gasteiger partial charge in [-0.3, -0.25) is 0 Å². The molecule has 0 radical (unpaired) electrons. The zero-order chi connectivity index (χ0) is 25.6. The molecule has 0 spiro atoms. The Hall–Kier alpha value is -2.72. The lowest BCUT2D eigenvalue weighted by molar-refractivity contribution is 0.377. The molecule has 3 heterocycles. The van der Waals surface area contributed by atoms with Crippen molar-refractivity contribution in [3.8, 4) is 22.4 Å². The lowest BCUT2D eigenvalue weighted by atomic mass is 10.0. The molecule has 1 fully saturated rings. The summed E-state index contributed by atoms with van der Waals surface area (Å²) in [6, 6.07) is 15.1. The van der Waals surface area contributed by atoms with E-state index in [1.165, 1.54) is 0 Å². The fourth-order valence-electron chi connectivity index (χ4n) is 4.39. The van der Waals surface area contributed by atoms with Crippen molar-refractivity contribution in [2.24, 2.45) is 0 Å². The van der Waals surface area contributed by atoms with Gasteiger partial charge < -0.3 is 4.90 Å². The third kappa shape index (κ3) is 4.45. The first-order chi connectivity index (χ1) is 17.2. The number of hydrogen-bond donors (Lipinski definition) is 0. The van der Waals surface area contributed by atoms with Crippen LogP contribution in [-0.2, 0) is 10.0 Å². The van der Waals surface area contributed by atoms with E-state index in [2.05, 4.69) is 4.90 Å². The van der Waals surface area contributed by atoms with Gasteiger partial charge in [-0.25, -0.2) is 13.4 Å². The van der Waals surface area contributed by atoms with Gasteiger partial charge in [0.05, 0.1) is 15.8 Å². The SMILES string of the molecule is Cc1nc(N2CCN(S(=O)(=O)C(C)C)CC2)n2nc(-c3ccccc3Cl)c(-c3ccc(Cl)cc3)c2n1. The summed E-state index contributed by atoms with van der Waals surface area (Å²) >= 11 is 12.8. The van der Waals surface area contributed by atoms with E-state index < -0.39 is 15.3 Å². The van der Waals surface area contributed by atoms with E-state index in [9.17, 15) is 8.42 Å². The van der Waals surface area contributed by atoms with E-state index in [4.69, 9.17) is 38.3 Å². The van der Waals surface area contributed by atoms with Crippen molar-refractivity contribution >= 4 is 44.8 Å².